The number of benzene rings is 1. The topological polar surface area (TPSA) is 46.6 Å². The second-order valence-electron chi connectivity index (χ2n) is 4.61. The summed E-state index contributed by atoms with van der Waals surface area (Å²) in [6, 6.07) is 5.57. The third kappa shape index (κ3) is 5.97. The molecule has 0 aliphatic rings. The van der Waals surface area contributed by atoms with E-state index in [1.807, 2.05) is 19.0 Å². The van der Waals surface area contributed by atoms with Gasteiger partial charge in [-0.1, -0.05) is 17.9 Å². The number of hydrogen-bond acceptors (Lipinski definition) is 4. The van der Waals surface area contributed by atoms with Crippen LogP contribution < -0.4 is 0 Å². The molecule has 0 unspecified atom stereocenters. The number of hydrogen-bond donors (Lipinski definition) is 0. The van der Waals surface area contributed by atoms with E-state index in [-0.39, 0.29) is 5.56 Å². The lowest BCUT2D eigenvalue weighted by molar-refractivity contribution is -0.193. The van der Waals surface area contributed by atoms with Crippen molar-refractivity contribution in [2.24, 2.45) is 0 Å². The van der Waals surface area contributed by atoms with Gasteiger partial charge >= 0.3 is 18.1 Å². The molecule has 4 nitrogen and oxygen atoms in total. The number of ether oxygens (including phenoxy) is 1. The Hall–Kier alpha value is -2.33. The molecule has 1 aromatic carbocycles. The average molecular weight is 313 g/mol. The summed E-state index contributed by atoms with van der Waals surface area (Å²) in [5.41, 5.74) is 0.282. The SMILES string of the molecule is CN(C)CCC#Cc1cccc(C(=O)OC(=O)C(F)(F)F)c1. The molecular weight excluding hydrogens is 299 g/mol. The van der Waals surface area contributed by atoms with Crippen molar-refractivity contribution in [2.45, 2.75) is 12.6 Å². The first-order valence-electron chi connectivity index (χ1n) is 6.27. The number of carbonyl (C=O) groups is 2. The van der Waals surface area contributed by atoms with Crippen molar-refractivity contribution in [3.8, 4) is 11.8 Å². The predicted octanol–water partition coefficient (Wildman–Crippen LogP) is 2.24. The van der Waals surface area contributed by atoms with Gasteiger partial charge in [0, 0.05) is 18.5 Å². The molecule has 22 heavy (non-hydrogen) atoms. The Kier molecular flexibility index (Phi) is 6.13. The van der Waals surface area contributed by atoms with Crippen molar-refractivity contribution in [1.82, 2.24) is 4.90 Å². The second kappa shape index (κ2) is 7.61. The lowest BCUT2D eigenvalue weighted by Crippen LogP contribution is -2.28. The van der Waals surface area contributed by atoms with Crippen LogP contribution in [-0.2, 0) is 9.53 Å². The van der Waals surface area contributed by atoms with Crippen molar-refractivity contribution < 1.29 is 27.5 Å². The molecule has 0 aliphatic carbocycles. The van der Waals surface area contributed by atoms with Crippen molar-refractivity contribution in [1.29, 1.82) is 0 Å². The van der Waals surface area contributed by atoms with Crippen LogP contribution in [0.15, 0.2) is 24.3 Å². The summed E-state index contributed by atoms with van der Waals surface area (Å²) >= 11 is 0. The van der Waals surface area contributed by atoms with Gasteiger partial charge in [-0.05, 0) is 32.3 Å². The van der Waals surface area contributed by atoms with Crippen molar-refractivity contribution in [3.05, 3.63) is 35.4 Å². The maximum absolute atomic E-state index is 12.0. The quantitative estimate of drug-likeness (QED) is 0.488. The van der Waals surface area contributed by atoms with E-state index >= 15 is 0 Å². The third-order valence-corrected chi connectivity index (χ3v) is 2.43. The standard InChI is InChI=1S/C15H14F3NO3/c1-19(2)9-4-3-6-11-7-5-8-12(10-11)13(20)22-14(21)15(16,17)18/h5,7-8,10H,4,9H2,1-2H3. The average Bonchev–Trinajstić information content (AvgIpc) is 2.42. The molecule has 1 aromatic rings. The Morgan fingerprint density at radius 2 is 1.95 bits per heavy atom. The van der Waals surface area contributed by atoms with E-state index in [9.17, 15) is 22.8 Å². The fraction of sp³-hybridized carbons (Fsp3) is 0.333. The zero-order valence-corrected chi connectivity index (χ0v) is 12.0. The fourth-order valence-corrected chi connectivity index (χ4v) is 1.37. The first-order chi connectivity index (χ1) is 10.2. The molecule has 0 aliphatic heterocycles. The van der Waals surface area contributed by atoms with E-state index in [0.717, 1.165) is 6.54 Å². The first-order valence-corrected chi connectivity index (χ1v) is 6.27. The maximum atomic E-state index is 12.0. The Morgan fingerprint density at radius 3 is 2.55 bits per heavy atom. The summed E-state index contributed by atoms with van der Waals surface area (Å²) in [4.78, 5) is 24.0. The largest absolute Gasteiger partial charge is 0.491 e. The highest BCUT2D eigenvalue weighted by Gasteiger charge is 2.42. The van der Waals surface area contributed by atoms with Crippen LogP contribution in [0.1, 0.15) is 22.3 Å². The number of esters is 2. The summed E-state index contributed by atoms with van der Waals surface area (Å²) in [5.74, 6) is 1.76. The zero-order chi connectivity index (χ0) is 16.8. The molecule has 0 radical (unpaired) electrons. The van der Waals surface area contributed by atoms with Crippen LogP contribution >= 0.6 is 0 Å². The van der Waals surface area contributed by atoms with E-state index < -0.39 is 18.1 Å². The van der Waals surface area contributed by atoms with E-state index in [2.05, 4.69) is 16.6 Å². The van der Waals surface area contributed by atoms with E-state index in [1.54, 1.807) is 6.07 Å². The van der Waals surface area contributed by atoms with Crippen LogP contribution in [0.2, 0.25) is 0 Å². The van der Waals surface area contributed by atoms with Crippen molar-refractivity contribution >= 4 is 11.9 Å². The van der Waals surface area contributed by atoms with Gasteiger partial charge in [0.2, 0.25) is 0 Å². The lowest BCUT2D eigenvalue weighted by atomic mass is 10.1. The van der Waals surface area contributed by atoms with Crippen LogP contribution in [0.3, 0.4) is 0 Å². The van der Waals surface area contributed by atoms with Crippen molar-refractivity contribution in [3.63, 3.8) is 0 Å². The van der Waals surface area contributed by atoms with Gasteiger partial charge in [0.25, 0.3) is 0 Å². The Balaban J connectivity index is 2.75. The van der Waals surface area contributed by atoms with Crippen LogP contribution in [-0.4, -0.2) is 43.7 Å². The minimum atomic E-state index is -5.21. The molecule has 0 atom stereocenters. The Bertz CT molecular complexity index is 612. The van der Waals surface area contributed by atoms with Crippen LogP contribution in [0, 0.1) is 11.8 Å². The number of alkyl halides is 3. The molecule has 118 valence electrons. The molecule has 0 spiro atoms. The normalized spacial score (nSPS) is 10.8. The molecule has 0 fully saturated rings. The first kappa shape index (κ1) is 17.7. The van der Waals surface area contributed by atoms with Gasteiger partial charge in [0.1, 0.15) is 0 Å². The molecule has 0 bridgehead atoms. The fourth-order valence-electron chi connectivity index (χ4n) is 1.37. The molecule has 0 amide bonds. The van der Waals surface area contributed by atoms with Gasteiger partial charge in [0.05, 0.1) is 5.56 Å². The second-order valence-corrected chi connectivity index (χ2v) is 4.61. The van der Waals surface area contributed by atoms with Gasteiger partial charge in [-0.15, -0.1) is 0 Å². The molecule has 0 saturated carbocycles. The van der Waals surface area contributed by atoms with E-state index in [1.165, 1.54) is 18.2 Å². The highest BCUT2D eigenvalue weighted by molar-refractivity contribution is 5.98. The summed E-state index contributed by atoms with van der Waals surface area (Å²) in [7, 11) is 3.80. The lowest BCUT2D eigenvalue weighted by Gasteiger charge is -2.05. The highest BCUT2D eigenvalue weighted by atomic mass is 19.4. The summed E-state index contributed by atoms with van der Waals surface area (Å²) < 4.78 is 39.8. The minimum absolute atomic E-state index is 0.169. The predicted molar refractivity (Wildman–Crippen MR) is 73.0 cm³/mol. The minimum Gasteiger partial charge on any atom is -0.383 e. The molecule has 7 heteroatoms. The number of halogens is 3. The molecule has 0 heterocycles. The van der Waals surface area contributed by atoms with Gasteiger partial charge in [-0.25, -0.2) is 9.59 Å². The van der Waals surface area contributed by atoms with Crippen LogP contribution in [0.5, 0.6) is 0 Å². The monoisotopic (exact) mass is 313 g/mol. The van der Waals surface area contributed by atoms with Gasteiger partial charge in [-0.2, -0.15) is 13.2 Å². The summed E-state index contributed by atoms with van der Waals surface area (Å²) in [6.07, 6.45) is -4.60. The Morgan fingerprint density at radius 1 is 1.27 bits per heavy atom. The van der Waals surface area contributed by atoms with Gasteiger partial charge < -0.3 is 9.64 Å². The number of rotatable bonds is 3. The van der Waals surface area contributed by atoms with E-state index in [0.29, 0.717) is 12.0 Å². The zero-order valence-electron chi connectivity index (χ0n) is 12.0. The summed E-state index contributed by atoms with van der Waals surface area (Å²) in [6.45, 7) is 0.759. The molecule has 0 saturated heterocycles. The van der Waals surface area contributed by atoms with Crippen LogP contribution in [0.4, 0.5) is 13.2 Å². The van der Waals surface area contributed by atoms with Gasteiger partial charge in [0.15, 0.2) is 0 Å². The maximum Gasteiger partial charge on any atom is 0.491 e. The molecule has 1 rings (SSSR count). The van der Waals surface area contributed by atoms with Crippen LogP contribution in [0.25, 0.3) is 0 Å². The molecule has 0 aromatic heterocycles. The molecule has 0 N–H and O–H groups in total. The summed E-state index contributed by atoms with van der Waals surface area (Å²) in [5, 5.41) is 0. The smallest absolute Gasteiger partial charge is 0.383 e. The highest BCUT2D eigenvalue weighted by Crippen LogP contribution is 2.17. The number of nitrogens with zero attached hydrogens (tertiary/aromatic N) is 1. The Labute approximate surface area is 125 Å². The van der Waals surface area contributed by atoms with Gasteiger partial charge in [-0.3, -0.25) is 0 Å². The number of carbonyl (C=O) groups excluding carboxylic acids is 2. The molecular formula is C15H14F3NO3. The van der Waals surface area contributed by atoms with E-state index in [4.69, 9.17) is 0 Å². The third-order valence-electron chi connectivity index (χ3n) is 2.43. The van der Waals surface area contributed by atoms with Crippen molar-refractivity contribution in [2.75, 3.05) is 20.6 Å².